The highest BCUT2D eigenvalue weighted by Crippen LogP contribution is 2.38. The summed E-state index contributed by atoms with van der Waals surface area (Å²) < 4.78 is 5.63. The number of aliphatic imine (C=N–C) groups is 1. The van der Waals surface area contributed by atoms with E-state index in [4.69, 9.17) is 9.73 Å². The Morgan fingerprint density at radius 3 is 2.77 bits per heavy atom. The van der Waals surface area contributed by atoms with E-state index in [0.29, 0.717) is 12.1 Å². The molecule has 0 spiro atoms. The van der Waals surface area contributed by atoms with Gasteiger partial charge in [-0.3, -0.25) is 4.90 Å². The van der Waals surface area contributed by atoms with Crippen LogP contribution in [0.15, 0.2) is 65.0 Å². The van der Waals surface area contributed by atoms with Crippen molar-refractivity contribution in [3.05, 3.63) is 71.1 Å². The van der Waals surface area contributed by atoms with Crippen molar-refractivity contribution in [3.8, 4) is 5.75 Å². The van der Waals surface area contributed by atoms with E-state index in [0.717, 1.165) is 47.5 Å². The predicted molar refractivity (Wildman–Crippen MR) is 130 cm³/mol. The van der Waals surface area contributed by atoms with Crippen molar-refractivity contribution in [2.75, 3.05) is 32.6 Å². The molecule has 2 atom stereocenters. The number of likely N-dealkylation sites (N-methyl/N-ethyl adjacent to an activating group) is 1. The Morgan fingerprint density at radius 1 is 1.10 bits per heavy atom. The second kappa shape index (κ2) is 8.36. The van der Waals surface area contributed by atoms with Crippen LogP contribution in [0.5, 0.6) is 5.75 Å². The van der Waals surface area contributed by atoms with Gasteiger partial charge in [0.2, 0.25) is 0 Å². The summed E-state index contributed by atoms with van der Waals surface area (Å²) in [6, 6.07) is 19.5. The van der Waals surface area contributed by atoms with Gasteiger partial charge in [-0.2, -0.15) is 0 Å². The Labute approximate surface area is 188 Å². The molecular formula is C25H28N4OS. The highest BCUT2D eigenvalue weighted by atomic mass is 32.1. The summed E-state index contributed by atoms with van der Waals surface area (Å²) in [5, 5.41) is 6.90. The molecule has 2 aliphatic rings. The van der Waals surface area contributed by atoms with Crippen LogP contribution in [0, 0.1) is 0 Å². The first-order valence-corrected chi connectivity index (χ1v) is 11.6. The number of methoxy groups -OCH3 is 1. The molecule has 2 aromatic carbocycles. The van der Waals surface area contributed by atoms with Gasteiger partial charge in [-0.25, -0.2) is 4.99 Å². The van der Waals surface area contributed by atoms with Crippen LogP contribution in [0.3, 0.4) is 0 Å². The number of para-hydroxylation sites is 3. The van der Waals surface area contributed by atoms with E-state index in [1.54, 1.807) is 18.4 Å². The molecule has 0 aliphatic carbocycles. The maximum Gasteiger partial charge on any atom is 0.139 e. The Hall–Kier alpha value is -2.83. The molecule has 0 amide bonds. The number of rotatable bonds is 3. The number of nitrogens with one attached hydrogen (secondary N) is 1. The average Bonchev–Trinajstić information content (AvgIpc) is 3.18. The van der Waals surface area contributed by atoms with Crippen LogP contribution in [-0.4, -0.2) is 55.0 Å². The highest BCUT2D eigenvalue weighted by Gasteiger charge is 2.35. The van der Waals surface area contributed by atoms with E-state index in [1.807, 2.05) is 6.07 Å². The number of piperazine rings is 1. The van der Waals surface area contributed by atoms with Crippen molar-refractivity contribution in [2.24, 2.45) is 4.99 Å². The van der Waals surface area contributed by atoms with Gasteiger partial charge in [0.05, 0.1) is 24.0 Å². The van der Waals surface area contributed by atoms with Crippen molar-refractivity contribution in [3.63, 3.8) is 0 Å². The number of anilines is 2. The minimum Gasteiger partial charge on any atom is -0.496 e. The molecule has 31 heavy (non-hydrogen) atoms. The standard InChI is InChI=1S/C25H28N4OS/c1-17-22(16-18-8-4-7-11-23(18)30-3)28(2)13-14-29(17)24-19-12-15-31-25(19)27-21-10-6-5-9-20(21)26-24/h4-12,15,17,22,27H,13-14,16H2,1-3H3. The third-order valence-corrected chi connectivity index (χ3v) is 7.32. The van der Waals surface area contributed by atoms with Crippen LogP contribution in [-0.2, 0) is 6.42 Å². The monoisotopic (exact) mass is 432 g/mol. The zero-order valence-electron chi connectivity index (χ0n) is 18.2. The summed E-state index contributed by atoms with van der Waals surface area (Å²) in [4.78, 5) is 10.1. The maximum atomic E-state index is 5.63. The largest absolute Gasteiger partial charge is 0.496 e. The first kappa shape index (κ1) is 20.1. The molecule has 1 aromatic heterocycles. The fourth-order valence-corrected chi connectivity index (χ4v) is 5.50. The average molecular weight is 433 g/mol. The molecular weight excluding hydrogens is 404 g/mol. The van der Waals surface area contributed by atoms with Gasteiger partial charge in [0, 0.05) is 25.2 Å². The Morgan fingerprint density at radius 2 is 1.90 bits per heavy atom. The Kier molecular flexibility index (Phi) is 5.42. The lowest BCUT2D eigenvalue weighted by Gasteiger charge is -2.46. The van der Waals surface area contributed by atoms with Gasteiger partial charge < -0.3 is 15.0 Å². The predicted octanol–water partition coefficient (Wildman–Crippen LogP) is 5.14. The third-order valence-electron chi connectivity index (χ3n) is 6.49. The maximum absolute atomic E-state index is 5.63. The molecule has 1 fully saturated rings. The second-order valence-corrected chi connectivity index (χ2v) is 9.15. The van der Waals surface area contributed by atoms with Crippen molar-refractivity contribution in [2.45, 2.75) is 25.4 Å². The lowest BCUT2D eigenvalue weighted by atomic mass is 9.94. The van der Waals surface area contributed by atoms with E-state index in [1.165, 1.54) is 11.1 Å². The third kappa shape index (κ3) is 3.70. The lowest BCUT2D eigenvalue weighted by Crippen LogP contribution is -2.59. The van der Waals surface area contributed by atoms with E-state index in [-0.39, 0.29) is 0 Å². The van der Waals surface area contributed by atoms with Gasteiger partial charge in [0.25, 0.3) is 0 Å². The highest BCUT2D eigenvalue weighted by molar-refractivity contribution is 7.14. The van der Waals surface area contributed by atoms with Crippen molar-refractivity contribution in [1.82, 2.24) is 9.80 Å². The van der Waals surface area contributed by atoms with Crippen LogP contribution in [0.2, 0.25) is 0 Å². The number of fused-ring (bicyclic) bond motifs is 2. The number of thiophene rings is 1. The van der Waals surface area contributed by atoms with Crippen LogP contribution in [0.25, 0.3) is 0 Å². The number of hydrogen-bond donors (Lipinski definition) is 1. The summed E-state index contributed by atoms with van der Waals surface area (Å²) in [7, 11) is 3.98. The fraction of sp³-hybridized carbons (Fsp3) is 0.320. The molecule has 160 valence electrons. The van der Waals surface area contributed by atoms with Gasteiger partial charge in [-0.1, -0.05) is 30.3 Å². The molecule has 6 heteroatoms. The van der Waals surface area contributed by atoms with Crippen molar-refractivity contribution >= 4 is 33.5 Å². The number of amidine groups is 1. The number of ether oxygens (including phenoxy) is 1. The van der Waals surface area contributed by atoms with Crippen molar-refractivity contribution < 1.29 is 4.74 Å². The minimum absolute atomic E-state index is 0.306. The zero-order chi connectivity index (χ0) is 21.4. The van der Waals surface area contributed by atoms with Gasteiger partial charge in [-0.05, 0) is 55.6 Å². The number of nitrogens with zero attached hydrogens (tertiary/aromatic N) is 3. The molecule has 3 heterocycles. The number of benzene rings is 2. The lowest BCUT2D eigenvalue weighted by molar-refractivity contribution is 0.0897. The molecule has 0 radical (unpaired) electrons. The molecule has 5 nitrogen and oxygen atoms in total. The summed E-state index contributed by atoms with van der Waals surface area (Å²) >= 11 is 1.73. The van der Waals surface area contributed by atoms with Gasteiger partial charge in [0.1, 0.15) is 16.6 Å². The van der Waals surface area contributed by atoms with Crippen LogP contribution in [0.1, 0.15) is 18.1 Å². The topological polar surface area (TPSA) is 40.1 Å². The SMILES string of the molecule is COc1ccccc1CC1C(C)N(C2=Nc3ccccc3Nc3sccc32)CCN1C. The molecule has 5 rings (SSSR count). The van der Waals surface area contributed by atoms with E-state index in [9.17, 15) is 0 Å². The molecule has 3 aromatic rings. The summed E-state index contributed by atoms with van der Waals surface area (Å²) in [6.07, 6.45) is 0.941. The van der Waals surface area contributed by atoms with Gasteiger partial charge >= 0.3 is 0 Å². The molecule has 2 aliphatic heterocycles. The Bertz CT molecular complexity index is 1110. The van der Waals surface area contributed by atoms with E-state index < -0.39 is 0 Å². The molecule has 0 saturated carbocycles. The molecule has 1 saturated heterocycles. The minimum atomic E-state index is 0.306. The fourth-order valence-electron chi connectivity index (χ4n) is 4.71. The van der Waals surface area contributed by atoms with Crippen LogP contribution >= 0.6 is 11.3 Å². The van der Waals surface area contributed by atoms with Gasteiger partial charge in [-0.15, -0.1) is 11.3 Å². The quantitative estimate of drug-likeness (QED) is 0.622. The number of hydrogen-bond acceptors (Lipinski definition) is 6. The van der Waals surface area contributed by atoms with Crippen LogP contribution < -0.4 is 10.1 Å². The normalized spacial score (nSPS) is 20.9. The smallest absolute Gasteiger partial charge is 0.139 e. The summed E-state index contributed by atoms with van der Waals surface area (Å²) in [5.74, 6) is 2.03. The van der Waals surface area contributed by atoms with Crippen molar-refractivity contribution in [1.29, 1.82) is 0 Å². The first-order valence-electron chi connectivity index (χ1n) is 10.8. The molecule has 2 unspecified atom stereocenters. The van der Waals surface area contributed by atoms with E-state index in [2.05, 4.69) is 83.0 Å². The van der Waals surface area contributed by atoms with Gasteiger partial charge in [0.15, 0.2) is 0 Å². The first-order chi connectivity index (χ1) is 15.2. The molecule has 1 N–H and O–H groups in total. The Balaban J connectivity index is 1.51. The summed E-state index contributed by atoms with van der Waals surface area (Å²) in [6.45, 7) is 4.28. The zero-order valence-corrected chi connectivity index (χ0v) is 19.0. The molecule has 0 bridgehead atoms. The summed E-state index contributed by atoms with van der Waals surface area (Å²) in [5.41, 5.74) is 4.50. The van der Waals surface area contributed by atoms with E-state index >= 15 is 0 Å². The second-order valence-electron chi connectivity index (χ2n) is 8.24. The van der Waals surface area contributed by atoms with Crippen LogP contribution in [0.4, 0.5) is 16.4 Å².